The Morgan fingerprint density at radius 3 is 2.58 bits per heavy atom. The van der Waals surface area contributed by atoms with Crippen molar-refractivity contribution in [3.8, 4) is 17.3 Å². The largest absolute Gasteiger partial charge is 0.439 e. The van der Waals surface area contributed by atoms with Crippen LogP contribution in [0.5, 0.6) is 11.6 Å². The predicted octanol–water partition coefficient (Wildman–Crippen LogP) is 4.93. The molecule has 162 valence electrons. The van der Waals surface area contributed by atoms with Crippen LogP contribution in [0.3, 0.4) is 0 Å². The SMILES string of the molecule is Cc1cccc(-n2nc(C)c(CCC(=O)N3CCSCC3)c2Oc2ccc(F)cc2)c1. The number of ether oxygens (including phenoxy) is 1. The fourth-order valence-corrected chi connectivity index (χ4v) is 4.59. The van der Waals surface area contributed by atoms with Gasteiger partial charge in [0, 0.05) is 36.6 Å². The van der Waals surface area contributed by atoms with Crippen LogP contribution >= 0.6 is 11.8 Å². The fraction of sp³-hybridized carbons (Fsp3) is 0.333. The number of carbonyl (C=O) groups excluding carboxylic acids is 1. The maximum absolute atomic E-state index is 13.4. The number of hydrogen-bond acceptors (Lipinski definition) is 4. The maximum Gasteiger partial charge on any atom is 0.226 e. The van der Waals surface area contributed by atoms with Gasteiger partial charge in [0.25, 0.3) is 0 Å². The monoisotopic (exact) mass is 439 g/mol. The molecule has 0 spiro atoms. The number of rotatable bonds is 6. The van der Waals surface area contributed by atoms with Gasteiger partial charge in [0.15, 0.2) is 0 Å². The standard InChI is InChI=1S/C24H26FN3O2S/c1-17-4-3-5-20(16-17)28-24(30-21-8-6-19(25)7-9-21)22(18(2)26-28)10-11-23(29)27-12-14-31-15-13-27/h3-9,16H,10-15H2,1-2H3. The Hall–Kier alpha value is -2.80. The molecule has 0 saturated carbocycles. The van der Waals surface area contributed by atoms with Gasteiger partial charge < -0.3 is 9.64 Å². The zero-order valence-corrected chi connectivity index (χ0v) is 18.6. The van der Waals surface area contributed by atoms with Crippen molar-refractivity contribution in [1.82, 2.24) is 14.7 Å². The molecule has 0 bridgehead atoms. The quantitative estimate of drug-likeness (QED) is 0.547. The van der Waals surface area contributed by atoms with E-state index in [-0.39, 0.29) is 11.7 Å². The van der Waals surface area contributed by atoms with Crippen LogP contribution in [0.2, 0.25) is 0 Å². The van der Waals surface area contributed by atoms with E-state index in [4.69, 9.17) is 9.84 Å². The van der Waals surface area contributed by atoms with Crippen molar-refractivity contribution in [1.29, 1.82) is 0 Å². The molecule has 0 atom stereocenters. The zero-order valence-electron chi connectivity index (χ0n) is 17.8. The first-order valence-corrected chi connectivity index (χ1v) is 11.6. The highest BCUT2D eigenvalue weighted by molar-refractivity contribution is 7.99. The third-order valence-corrected chi connectivity index (χ3v) is 6.31. The molecule has 5 nitrogen and oxygen atoms in total. The third kappa shape index (κ3) is 5.10. The number of thioether (sulfide) groups is 1. The van der Waals surface area contributed by atoms with E-state index < -0.39 is 0 Å². The summed E-state index contributed by atoms with van der Waals surface area (Å²) in [6.45, 7) is 5.58. The lowest BCUT2D eigenvalue weighted by Crippen LogP contribution is -2.38. The third-order valence-electron chi connectivity index (χ3n) is 5.36. The first kappa shape index (κ1) is 21.4. The predicted molar refractivity (Wildman–Crippen MR) is 122 cm³/mol. The number of benzene rings is 2. The van der Waals surface area contributed by atoms with Crippen molar-refractivity contribution in [2.24, 2.45) is 0 Å². The molecular formula is C24H26FN3O2S. The highest BCUT2D eigenvalue weighted by Gasteiger charge is 2.22. The summed E-state index contributed by atoms with van der Waals surface area (Å²) in [6, 6.07) is 13.9. The van der Waals surface area contributed by atoms with Gasteiger partial charge >= 0.3 is 0 Å². The summed E-state index contributed by atoms with van der Waals surface area (Å²) in [4.78, 5) is 14.7. The zero-order chi connectivity index (χ0) is 21.8. The van der Waals surface area contributed by atoms with Gasteiger partial charge in [0.05, 0.1) is 11.4 Å². The highest BCUT2D eigenvalue weighted by Crippen LogP contribution is 2.32. The summed E-state index contributed by atoms with van der Waals surface area (Å²) < 4.78 is 21.3. The smallest absolute Gasteiger partial charge is 0.226 e. The molecule has 0 unspecified atom stereocenters. The molecule has 31 heavy (non-hydrogen) atoms. The van der Waals surface area contributed by atoms with E-state index in [0.717, 1.165) is 47.1 Å². The van der Waals surface area contributed by atoms with Crippen molar-refractivity contribution in [3.05, 3.63) is 71.2 Å². The van der Waals surface area contributed by atoms with E-state index in [1.165, 1.54) is 12.1 Å². The Kier molecular flexibility index (Phi) is 6.61. The van der Waals surface area contributed by atoms with E-state index in [1.54, 1.807) is 16.8 Å². The molecule has 1 aliphatic rings. The number of carbonyl (C=O) groups is 1. The van der Waals surface area contributed by atoms with Gasteiger partial charge in [-0.3, -0.25) is 4.79 Å². The minimum Gasteiger partial charge on any atom is -0.439 e. The van der Waals surface area contributed by atoms with Gasteiger partial charge in [0.2, 0.25) is 11.8 Å². The second-order valence-corrected chi connectivity index (χ2v) is 8.89. The lowest BCUT2D eigenvalue weighted by molar-refractivity contribution is -0.130. The van der Waals surface area contributed by atoms with Crippen LogP contribution in [-0.4, -0.2) is 45.2 Å². The van der Waals surface area contributed by atoms with E-state index in [9.17, 15) is 9.18 Å². The Morgan fingerprint density at radius 1 is 1.13 bits per heavy atom. The number of nitrogens with zero attached hydrogens (tertiary/aromatic N) is 3. The minimum atomic E-state index is -0.318. The molecule has 0 N–H and O–H groups in total. The Bertz CT molecular complexity index is 1060. The van der Waals surface area contributed by atoms with Crippen molar-refractivity contribution >= 4 is 17.7 Å². The highest BCUT2D eigenvalue weighted by atomic mass is 32.2. The van der Waals surface area contributed by atoms with Gasteiger partial charge in [-0.2, -0.15) is 16.9 Å². The van der Waals surface area contributed by atoms with Gasteiger partial charge in [0.1, 0.15) is 11.6 Å². The minimum absolute atomic E-state index is 0.163. The second kappa shape index (κ2) is 9.56. The number of aryl methyl sites for hydroxylation is 2. The normalized spacial score (nSPS) is 14.0. The van der Waals surface area contributed by atoms with Crippen LogP contribution in [0.25, 0.3) is 5.69 Å². The number of halogens is 1. The van der Waals surface area contributed by atoms with Crippen molar-refractivity contribution in [2.45, 2.75) is 26.7 Å². The van der Waals surface area contributed by atoms with Crippen LogP contribution in [0.15, 0.2) is 48.5 Å². The van der Waals surface area contributed by atoms with Crippen LogP contribution < -0.4 is 4.74 Å². The summed E-state index contributed by atoms with van der Waals surface area (Å²) in [7, 11) is 0. The Morgan fingerprint density at radius 2 is 1.87 bits per heavy atom. The van der Waals surface area contributed by atoms with Crippen molar-refractivity contribution < 1.29 is 13.9 Å². The van der Waals surface area contributed by atoms with Crippen LogP contribution in [0.4, 0.5) is 4.39 Å². The number of aromatic nitrogens is 2. The van der Waals surface area contributed by atoms with E-state index >= 15 is 0 Å². The lowest BCUT2D eigenvalue weighted by atomic mass is 10.1. The molecule has 2 aromatic carbocycles. The maximum atomic E-state index is 13.4. The first-order valence-electron chi connectivity index (χ1n) is 10.5. The second-order valence-electron chi connectivity index (χ2n) is 7.67. The Labute approximate surface area is 186 Å². The summed E-state index contributed by atoms with van der Waals surface area (Å²) in [5, 5.41) is 4.72. The molecule has 7 heteroatoms. The molecule has 1 aromatic heterocycles. The molecule has 1 aliphatic heterocycles. The van der Waals surface area contributed by atoms with Crippen molar-refractivity contribution in [2.75, 3.05) is 24.6 Å². The average molecular weight is 440 g/mol. The first-order chi connectivity index (χ1) is 15.0. The lowest BCUT2D eigenvalue weighted by Gasteiger charge is -2.26. The molecule has 1 amide bonds. The number of amides is 1. The molecule has 2 heterocycles. The van der Waals surface area contributed by atoms with Crippen LogP contribution in [0, 0.1) is 19.7 Å². The topological polar surface area (TPSA) is 47.4 Å². The summed E-state index contributed by atoms with van der Waals surface area (Å²) in [6.07, 6.45) is 0.946. The van der Waals surface area contributed by atoms with Crippen LogP contribution in [-0.2, 0) is 11.2 Å². The van der Waals surface area contributed by atoms with Crippen LogP contribution in [0.1, 0.15) is 23.2 Å². The van der Waals surface area contributed by atoms with E-state index in [2.05, 4.69) is 0 Å². The summed E-state index contributed by atoms with van der Waals surface area (Å²) in [5.41, 5.74) is 3.70. The van der Waals surface area contributed by atoms with Gasteiger partial charge in [-0.1, -0.05) is 12.1 Å². The Balaban J connectivity index is 1.64. The summed E-state index contributed by atoms with van der Waals surface area (Å²) >= 11 is 1.89. The molecule has 3 aromatic rings. The molecule has 0 radical (unpaired) electrons. The molecular weight excluding hydrogens is 413 g/mol. The molecule has 1 saturated heterocycles. The van der Waals surface area contributed by atoms with E-state index in [0.29, 0.717) is 24.5 Å². The van der Waals surface area contributed by atoms with Gasteiger partial charge in [-0.15, -0.1) is 0 Å². The van der Waals surface area contributed by atoms with Gasteiger partial charge in [-0.05, 0) is 62.2 Å². The molecule has 1 fully saturated rings. The van der Waals surface area contributed by atoms with Gasteiger partial charge in [-0.25, -0.2) is 9.07 Å². The number of hydrogen-bond donors (Lipinski definition) is 0. The summed E-state index contributed by atoms with van der Waals surface area (Å²) in [5.74, 6) is 2.92. The molecule has 0 aliphatic carbocycles. The fourth-order valence-electron chi connectivity index (χ4n) is 3.68. The van der Waals surface area contributed by atoms with E-state index in [1.807, 2.05) is 54.8 Å². The average Bonchev–Trinajstić information content (AvgIpc) is 3.09. The molecule has 4 rings (SSSR count). The van der Waals surface area contributed by atoms with Crippen molar-refractivity contribution in [3.63, 3.8) is 0 Å².